The fourth-order valence-corrected chi connectivity index (χ4v) is 3.26. The zero-order valence-corrected chi connectivity index (χ0v) is 13.7. The summed E-state index contributed by atoms with van der Waals surface area (Å²) in [6, 6.07) is 3.09. The summed E-state index contributed by atoms with van der Waals surface area (Å²) in [6.07, 6.45) is 2.98. The molecule has 1 aromatic carbocycles. The number of carbonyl (C=O) groups excluding carboxylic acids is 1. The van der Waals surface area contributed by atoms with Crippen LogP contribution in [-0.4, -0.2) is 42.1 Å². The average molecular weight is 338 g/mol. The van der Waals surface area contributed by atoms with E-state index in [4.69, 9.17) is 0 Å². The van der Waals surface area contributed by atoms with Gasteiger partial charge in [0.25, 0.3) is 0 Å². The molecule has 0 spiro atoms. The molecule has 0 aromatic heterocycles. The van der Waals surface area contributed by atoms with Crippen molar-refractivity contribution in [3.05, 3.63) is 35.4 Å². The van der Waals surface area contributed by atoms with Gasteiger partial charge in [-0.05, 0) is 56.3 Å². The lowest BCUT2D eigenvalue weighted by Crippen LogP contribution is -2.44. The minimum Gasteiger partial charge on any atom is -0.387 e. The lowest BCUT2D eigenvalue weighted by molar-refractivity contribution is -0.127. The number of benzene rings is 1. The molecule has 2 unspecified atom stereocenters. The Labute approximate surface area is 140 Å². The van der Waals surface area contributed by atoms with Crippen LogP contribution in [-0.2, 0) is 4.79 Å². The second kappa shape index (κ2) is 7.57. The molecule has 3 rings (SSSR count). The molecular formula is C18H24F2N2O2. The van der Waals surface area contributed by atoms with E-state index in [1.807, 2.05) is 4.90 Å². The van der Waals surface area contributed by atoms with Crippen molar-refractivity contribution < 1.29 is 18.7 Å². The normalized spacial score (nSPS) is 23.0. The Kier molecular flexibility index (Phi) is 5.46. The van der Waals surface area contributed by atoms with Crippen LogP contribution in [0.4, 0.5) is 8.78 Å². The van der Waals surface area contributed by atoms with E-state index in [0.29, 0.717) is 12.5 Å². The largest absolute Gasteiger partial charge is 0.387 e. The smallest absolute Gasteiger partial charge is 0.224 e. The molecule has 132 valence electrons. The van der Waals surface area contributed by atoms with Crippen LogP contribution >= 0.6 is 0 Å². The molecule has 1 saturated carbocycles. The van der Waals surface area contributed by atoms with Gasteiger partial charge in [0.15, 0.2) is 0 Å². The highest BCUT2D eigenvalue weighted by Crippen LogP contribution is 2.28. The summed E-state index contributed by atoms with van der Waals surface area (Å²) in [5.74, 6) is -0.562. The first-order valence-electron chi connectivity index (χ1n) is 8.66. The number of amides is 1. The summed E-state index contributed by atoms with van der Waals surface area (Å²) in [6.45, 7) is 2.25. The lowest BCUT2D eigenvalue weighted by atomic mass is 9.96. The van der Waals surface area contributed by atoms with E-state index in [1.54, 1.807) is 0 Å². The van der Waals surface area contributed by atoms with Crippen LogP contribution < -0.4 is 5.32 Å². The Hall–Kier alpha value is -1.53. The van der Waals surface area contributed by atoms with E-state index in [9.17, 15) is 18.7 Å². The summed E-state index contributed by atoms with van der Waals surface area (Å²) in [5, 5.41) is 13.2. The van der Waals surface area contributed by atoms with Crippen molar-refractivity contribution in [2.24, 2.45) is 11.8 Å². The zero-order valence-electron chi connectivity index (χ0n) is 13.7. The van der Waals surface area contributed by atoms with Gasteiger partial charge in [0.2, 0.25) is 5.91 Å². The zero-order chi connectivity index (χ0) is 17.1. The van der Waals surface area contributed by atoms with Crippen molar-refractivity contribution >= 4 is 5.91 Å². The summed E-state index contributed by atoms with van der Waals surface area (Å²) in [5.41, 5.74) is -0.0321. The number of nitrogens with one attached hydrogen (secondary N) is 1. The molecule has 4 nitrogen and oxygen atoms in total. The molecule has 0 bridgehead atoms. The van der Waals surface area contributed by atoms with Crippen molar-refractivity contribution in [2.45, 2.75) is 31.8 Å². The molecule has 2 N–H and O–H groups in total. The van der Waals surface area contributed by atoms with Gasteiger partial charge in [-0.15, -0.1) is 0 Å². The van der Waals surface area contributed by atoms with E-state index in [2.05, 4.69) is 5.32 Å². The Bertz CT molecular complexity index is 592. The number of aliphatic hydroxyl groups excluding tert-OH is 1. The monoisotopic (exact) mass is 338 g/mol. The third kappa shape index (κ3) is 4.51. The topological polar surface area (TPSA) is 52.6 Å². The number of likely N-dealkylation sites (tertiary alicyclic amines) is 1. The molecule has 2 atom stereocenters. The second-order valence-electron chi connectivity index (χ2n) is 6.97. The quantitative estimate of drug-likeness (QED) is 0.836. The first kappa shape index (κ1) is 17.3. The van der Waals surface area contributed by atoms with E-state index >= 15 is 0 Å². The molecule has 1 aliphatic carbocycles. The number of aliphatic hydroxyl groups is 1. The SMILES string of the molecule is O=C(NCC1CC1)C1CCCN(CC(O)c2cc(F)ccc2F)C1. The third-order valence-electron chi connectivity index (χ3n) is 4.89. The number of hydrogen-bond donors (Lipinski definition) is 2. The van der Waals surface area contributed by atoms with Crippen LogP contribution in [0, 0.1) is 23.5 Å². The molecule has 1 saturated heterocycles. The van der Waals surface area contributed by atoms with Crippen LogP contribution in [0.1, 0.15) is 37.4 Å². The molecule has 1 aliphatic heterocycles. The first-order valence-corrected chi connectivity index (χ1v) is 8.66. The number of carbonyl (C=O) groups is 1. The Balaban J connectivity index is 1.54. The molecule has 2 fully saturated rings. The Morgan fingerprint density at radius 3 is 2.88 bits per heavy atom. The predicted octanol–water partition coefficient (Wildman–Crippen LogP) is 2.24. The van der Waals surface area contributed by atoms with E-state index in [1.165, 1.54) is 12.8 Å². The van der Waals surface area contributed by atoms with Crippen LogP contribution in [0.15, 0.2) is 18.2 Å². The van der Waals surface area contributed by atoms with Gasteiger partial charge < -0.3 is 10.4 Å². The first-order chi connectivity index (χ1) is 11.5. The maximum absolute atomic E-state index is 13.8. The van der Waals surface area contributed by atoms with Gasteiger partial charge in [0.1, 0.15) is 11.6 Å². The van der Waals surface area contributed by atoms with Crippen LogP contribution in [0.3, 0.4) is 0 Å². The number of piperidine rings is 1. The second-order valence-corrected chi connectivity index (χ2v) is 6.97. The number of nitrogens with zero attached hydrogens (tertiary/aromatic N) is 1. The summed E-state index contributed by atoms with van der Waals surface area (Å²) in [7, 11) is 0. The Morgan fingerprint density at radius 1 is 1.33 bits per heavy atom. The minimum absolute atomic E-state index is 0.0321. The fraction of sp³-hybridized carbons (Fsp3) is 0.611. The van der Waals surface area contributed by atoms with Crippen molar-refractivity contribution in [3.8, 4) is 0 Å². The summed E-state index contributed by atoms with van der Waals surface area (Å²) >= 11 is 0. The van der Waals surface area contributed by atoms with E-state index < -0.39 is 17.7 Å². The molecule has 1 amide bonds. The van der Waals surface area contributed by atoms with Crippen molar-refractivity contribution in [1.29, 1.82) is 0 Å². The molecule has 2 aliphatic rings. The van der Waals surface area contributed by atoms with Crippen LogP contribution in [0.5, 0.6) is 0 Å². The molecule has 1 heterocycles. The van der Waals surface area contributed by atoms with Gasteiger partial charge in [0, 0.05) is 25.2 Å². The van der Waals surface area contributed by atoms with Crippen LogP contribution in [0.25, 0.3) is 0 Å². The number of β-amino-alcohol motifs (C(OH)–C–C–N with tert-alkyl or cyclic N) is 1. The average Bonchev–Trinajstić information content (AvgIpc) is 3.39. The molecule has 6 heteroatoms. The lowest BCUT2D eigenvalue weighted by Gasteiger charge is -2.33. The van der Waals surface area contributed by atoms with Gasteiger partial charge in [-0.1, -0.05) is 0 Å². The standard InChI is InChI=1S/C18H24F2N2O2/c19-14-5-6-16(20)15(8-14)17(23)11-22-7-1-2-13(10-22)18(24)21-9-12-3-4-12/h5-6,8,12-13,17,23H,1-4,7,9-11H2,(H,21,24). The maximum Gasteiger partial charge on any atom is 0.224 e. The highest BCUT2D eigenvalue weighted by molar-refractivity contribution is 5.79. The molecule has 1 aromatic rings. The van der Waals surface area contributed by atoms with Crippen LogP contribution in [0.2, 0.25) is 0 Å². The van der Waals surface area contributed by atoms with Crippen molar-refractivity contribution in [2.75, 3.05) is 26.2 Å². The van der Waals surface area contributed by atoms with Gasteiger partial charge in [-0.2, -0.15) is 0 Å². The van der Waals surface area contributed by atoms with Crippen molar-refractivity contribution in [3.63, 3.8) is 0 Å². The predicted molar refractivity (Wildman–Crippen MR) is 86.2 cm³/mol. The van der Waals surface area contributed by atoms with Gasteiger partial charge >= 0.3 is 0 Å². The van der Waals surface area contributed by atoms with Crippen molar-refractivity contribution in [1.82, 2.24) is 10.2 Å². The Morgan fingerprint density at radius 2 is 2.12 bits per heavy atom. The number of halogens is 2. The maximum atomic E-state index is 13.8. The van der Waals surface area contributed by atoms with Gasteiger partial charge in [-0.3, -0.25) is 9.69 Å². The van der Waals surface area contributed by atoms with E-state index in [-0.39, 0.29) is 23.9 Å². The summed E-state index contributed by atoms with van der Waals surface area (Å²) < 4.78 is 27.0. The third-order valence-corrected chi connectivity index (χ3v) is 4.89. The fourth-order valence-electron chi connectivity index (χ4n) is 3.26. The highest BCUT2D eigenvalue weighted by Gasteiger charge is 2.29. The number of rotatable bonds is 6. The highest BCUT2D eigenvalue weighted by atomic mass is 19.1. The molecule has 24 heavy (non-hydrogen) atoms. The molecule has 0 radical (unpaired) electrons. The van der Waals surface area contributed by atoms with Gasteiger partial charge in [0.05, 0.1) is 12.0 Å². The minimum atomic E-state index is -1.10. The molecular weight excluding hydrogens is 314 g/mol. The van der Waals surface area contributed by atoms with E-state index in [0.717, 1.165) is 44.1 Å². The number of hydrogen-bond acceptors (Lipinski definition) is 3. The van der Waals surface area contributed by atoms with Gasteiger partial charge in [-0.25, -0.2) is 8.78 Å². The summed E-state index contributed by atoms with van der Waals surface area (Å²) in [4.78, 5) is 14.2.